The fourth-order valence-electron chi connectivity index (χ4n) is 4.78. The van der Waals surface area contributed by atoms with E-state index < -0.39 is 17.7 Å². The highest BCUT2D eigenvalue weighted by atomic mass is 32.1. The number of hydrogen-bond acceptors (Lipinski definition) is 9. The number of methoxy groups -OCH3 is 1. The number of thiazole rings is 1. The summed E-state index contributed by atoms with van der Waals surface area (Å²) >= 11 is 1.27. The van der Waals surface area contributed by atoms with Gasteiger partial charge in [0.1, 0.15) is 0 Å². The molecule has 2 aliphatic rings. The van der Waals surface area contributed by atoms with Gasteiger partial charge >= 0.3 is 0 Å². The molecule has 206 valence electrons. The smallest absolute Gasteiger partial charge is 0.290 e. The highest BCUT2D eigenvalue weighted by Crippen LogP contribution is 2.42. The second-order valence-corrected chi connectivity index (χ2v) is 11.2. The van der Waals surface area contributed by atoms with Crippen LogP contribution in [0.5, 0.6) is 11.5 Å². The van der Waals surface area contributed by atoms with Crippen LogP contribution in [0.25, 0.3) is 0 Å². The second kappa shape index (κ2) is 12.3. The summed E-state index contributed by atoms with van der Waals surface area (Å²) in [7, 11) is 1.56. The maximum atomic E-state index is 13.8. The summed E-state index contributed by atoms with van der Waals surface area (Å²) in [6.07, 6.45) is 0.903. The third-order valence-corrected chi connectivity index (χ3v) is 7.95. The zero-order chi connectivity index (χ0) is 27.4. The lowest BCUT2D eigenvalue weighted by molar-refractivity contribution is -0.129. The lowest BCUT2D eigenvalue weighted by atomic mass is 9.94. The van der Waals surface area contributed by atoms with Crippen LogP contribution < -0.4 is 9.47 Å². The number of nitrogens with zero attached hydrogens (tertiary/aromatic N) is 3. The molecule has 1 atom stereocenters. The van der Waals surface area contributed by atoms with Gasteiger partial charge in [-0.15, -0.1) is 11.3 Å². The van der Waals surface area contributed by atoms with E-state index in [4.69, 9.17) is 14.2 Å². The molecule has 9 nitrogen and oxygen atoms in total. The Labute approximate surface area is 228 Å². The fourth-order valence-corrected chi connectivity index (χ4v) is 5.65. The van der Waals surface area contributed by atoms with Crippen molar-refractivity contribution in [2.45, 2.75) is 40.2 Å². The highest BCUT2D eigenvalue weighted by Gasteiger charge is 2.44. The van der Waals surface area contributed by atoms with Gasteiger partial charge < -0.3 is 24.2 Å². The van der Waals surface area contributed by atoms with Crippen molar-refractivity contribution in [2.24, 2.45) is 5.92 Å². The van der Waals surface area contributed by atoms with Crippen molar-refractivity contribution in [3.8, 4) is 11.5 Å². The van der Waals surface area contributed by atoms with Gasteiger partial charge in [0, 0.05) is 26.2 Å². The van der Waals surface area contributed by atoms with Crippen molar-refractivity contribution in [2.75, 3.05) is 53.1 Å². The number of aliphatic hydroxyl groups is 1. The number of amides is 1. The van der Waals surface area contributed by atoms with E-state index in [1.165, 1.54) is 11.3 Å². The number of carbonyl (C=O) groups is 2. The van der Waals surface area contributed by atoms with Crippen LogP contribution in [0.3, 0.4) is 0 Å². The largest absolute Gasteiger partial charge is 0.503 e. The van der Waals surface area contributed by atoms with Gasteiger partial charge in [0.15, 0.2) is 17.3 Å². The zero-order valence-corrected chi connectivity index (χ0v) is 23.6. The Kier molecular flexibility index (Phi) is 9.07. The standard InChI is InChI=1S/C28H37N3O6S/c1-17(2)8-13-37-21-7-6-20(16-22(21)35-5)24-23(25(32)27-18(3)29-19(4)38-27)26(33)28(34)31(24)10-9-30-11-14-36-15-12-30/h6-7,16-17,24,33H,8-15H2,1-5H3. The molecular formula is C28H37N3O6S. The Morgan fingerprint density at radius 2 is 1.95 bits per heavy atom. The number of Topliss-reactive ketones (excluding diaryl/α,β-unsaturated/α-hetero) is 1. The Bertz CT molecular complexity index is 1200. The van der Waals surface area contributed by atoms with Gasteiger partial charge in [-0.2, -0.15) is 0 Å². The molecule has 10 heteroatoms. The monoisotopic (exact) mass is 543 g/mol. The molecule has 1 saturated heterocycles. The molecule has 1 N–H and O–H groups in total. The molecule has 0 radical (unpaired) electrons. The lowest BCUT2D eigenvalue weighted by Gasteiger charge is -2.32. The minimum absolute atomic E-state index is 0.0688. The SMILES string of the molecule is COc1cc(C2C(C(=O)c3sc(C)nc3C)=C(O)C(=O)N2CCN2CCOCC2)ccc1OCCC(C)C. The van der Waals surface area contributed by atoms with Crippen molar-refractivity contribution in [1.29, 1.82) is 0 Å². The van der Waals surface area contributed by atoms with Crippen LogP contribution in [0.1, 0.15) is 52.2 Å². The van der Waals surface area contributed by atoms with Crippen molar-refractivity contribution in [3.05, 3.63) is 50.7 Å². The Morgan fingerprint density at radius 3 is 2.58 bits per heavy atom. The first-order valence-electron chi connectivity index (χ1n) is 13.0. The van der Waals surface area contributed by atoms with Crippen LogP contribution in [-0.4, -0.2) is 84.7 Å². The summed E-state index contributed by atoms with van der Waals surface area (Å²) in [5.74, 6) is 0.163. The van der Waals surface area contributed by atoms with Crippen molar-refractivity contribution in [3.63, 3.8) is 0 Å². The average Bonchev–Trinajstić information content (AvgIpc) is 3.37. The van der Waals surface area contributed by atoms with E-state index in [-0.39, 0.29) is 11.4 Å². The summed E-state index contributed by atoms with van der Waals surface area (Å²) in [4.78, 5) is 35.8. The first kappa shape index (κ1) is 28.1. The van der Waals surface area contributed by atoms with Crippen molar-refractivity contribution in [1.82, 2.24) is 14.8 Å². The molecular weight excluding hydrogens is 506 g/mol. The number of carbonyl (C=O) groups excluding carboxylic acids is 2. The molecule has 0 aliphatic carbocycles. The molecule has 0 spiro atoms. The predicted molar refractivity (Wildman–Crippen MR) is 145 cm³/mol. The molecule has 1 amide bonds. The van der Waals surface area contributed by atoms with Crippen LogP contribution in [0, 0.1) is 19.8 Å². The van der Waals surface area contributed by atoms with Gasteiger partial charge in [-0.1, -0.05) is 19.9 Å². The van der Waals surface area contributed by atoms with Crippen molar-refractivity contribution >= 4 is 23.0 Å². The number of ether oxygens (including phenoxy) is 3. The van der Waals surface area contributed by atoms with Gasteiger partial charge in [0.2, 0.25) is 5.78 Å². The Hall–Kier alpha value is -2.95. The molecule has 2 aromatic rings. The Balaban J connectivity index is 1.69. The van der Waals surface area contributed by atoms with E-state index in [0.717, 1.165) is 24.5 Å². The summed E-state index contributed by atoms with van der Waals surface area (Å²) < 4.78 is 17.0. The normalized spacial score (nSPS) is 18.5. The zero-order valence-electron chi connectivity index (χ0n) is 22.8. The number of ketones is 1. The number of benzene rings is 1. The molecule has 3 heterocycles. The van der Waals surface area contributed by atoms with Crippen molar-refractivity contribution < 1.29 is 28.9 Å². The molecule has 38 heavy (non-hydrogen) atoms. The predicted octanol–water partition coefficient (Wildman–Crippen LogP) is 4.10. The van der Waals surface area contributed by atoms with Crippen LogP contribution in [0.15, 0.2) is 29.5 Å². The van der Waals surface area contributed by atoms with E-state index >= 15 is 0 Å². The third kappa shape index (κ3) is 6.03. The molecule has 2 aliphatic heterocycles. The maximum Gasteiger partial charge on any atom is 0.290 e. The number of aromatic nitrogens is 1. The molecule has 1 fully saturated rings. The lowest BCUT2D eigenvalue weighted by Crippen LogP contribution is -2.43. The fraction of sp³-hybridized carbons (Fsp3) is 0.536. The molecule has 1 aromatic heterocycles. The number of aryl methyl sites for hydroxylation is 2. The van der Waals surface area contributed by atoms with Gasteiger partial charge in [-0.3, -0.25) is 14.5 Å². The van der Waals surface area contributed by atoms with E-state index in [0.29, 0.717) is 66.5 Å². The molecule has 1 aromatic carbocycles. The topological polar surface area (TPSA) is 101 Å². The van der Waals surface area contributed by atoms with Crippen LogP contribution >= 0.6 is 11.3 Å². The summed E-state index contributed by atoms with van der Waals surface area (Å²) in [6, 6.07) is 4.67. The number of rotatable bonds is 11. The van der Waals surface area contributed by atoms with E-state index in [1.807, 2.05) is 13.0 Å². The summed E-state index contributed by atoms with van der Waals surface area (Å²) in [6.45, 7) is 12.2. The summed E-state index contributed by atoms with van der Waals surface area (Å²) in [5, 5.41) is 11.8. The number of morpholine rings is 1. The average molecular weight is 544 g/mol. The number of aliphatic hydroxyl groups excluding tert-OH is 1. The minimum Gasteiger partial charge on any atom is -0.503 e. The quantitative estimate of drug-likeness (QED) is 0.423. The molecule has 4 rings (SSSR count). The number of hydrogen-bond donors (Lipinski definition) is 1. The van der Waals surface area contributed by atoms with Gasteiger partial charge in [-0.25, -0.2) is 4.98 Å². The summed E-state index contributed by atoms with van der Waals surface area (Å²) in [5.41, 5.74) is 1.32. The Morgan fingerprint density at radius 1 is 1.21 bits per heavy atom. The van der Waals surface area contributed by atoms with E-state index in [9.17, 15) is 14.7 Å². The molecule has 1 unspecified atom stereocenters. The first-order chi connectivity index (χ1) is 18.2. The highest BCUT2D eigenvalue weighted by molar-refractivity contribution is 7.14. The second-order valence-electron chi connectivity index (χ2n) is 10.0. The van der Waals surface area contributed by atoms with Gasteiger partial charge in [0.25, 0.3) is 5.91 Å². The molecule has 0 saturated carbocycles. The third-order valence-electron chi connectivity index (χ3n) is 6.88. The maximum absolute atomic E-state index is 13.8. The van der Waals surface area contributed by atoms with Gasteiger partial charge in [-0.05, 0) is 43.9 Å². The van der Waals surface area contributed by atoms with E-state index in [2.05, 4.69) is 23.7 Å². The van der Waals surface area contributed by atoms with Crippen LogP contribution in [0.2, 0.25) is 0 Å². The van der Waals surface area contributed by atoms with Gasteiger partial charge in [0.05, 0.1) is 54.1 Å². The minimum atomic E-state index is -0.767. The van der Waals surface area contributed by atoms with Crippen LogP contribution in [0.4, 0.5) is 0 Å². The first-order valence-corrected chi connectivity index (χ1v) is 13.9. The molecule has 0 bridgehead atoms. The van der Waals surface area contributed by atoms with Crippen LogP contribution in [-0.2, 0) is 9.53 Å². The van der Waals surface area contributed by atoms with E-state index in [1.54, 1.807) is 31.1 Å².